The number of hydrogen-bond donors (Lipinski definition) is 1. The number of carbonyl (C=O) groups is 1. The van der Waals surface area contributed by atoms with E-state index in [9.17, 15) is 4.79 Å². The van der Waals surface area contributed by atoms with Gasteiger partial charge in [0.25, 0.3) is 5.91 Å². The summed E-state index contributed by atoms with van der Waals surface area (Å²) in [5.74, 6) is 1.17. The SMILES string of the molecule is O=C(NC1CCC(n2cc(-c3ccncn3)cn2)CC1)c1ccc(CN2CCCC2)o1. The van der Waals surface area contributed by atoms with Crippen LogP contribution in [0.5, 0.6) is 0 Å². The number of nitrogens with one attached hydrogen (secondary N) is 1. The van der Waals surface area contributed by atoms with Gasteiger partial charge < -0.3 is 9.73 Å². The first-order valence-corrected chi connectivity index (χ1v) is 11.2. The third-order valence-electron chi connectivity index (χ3n) is 6.35. The Morgan fingerprint density at radius 3 is 2.74 bits per heavy atom. The molecule has 1 saturated heterocycles. The second-order valence-corrected chi connectivity index (χ2v) is 8.53. The standard InChI is InChI=1S/C23H28N6O2/c30-23(22-8-7-20(31-22)15-28-11-1-2-12-28)27-18-3-5-19(6-4-18)29-14-17(13-26-29)21-9-10-24-16-25-21/h7-10,13-14,16,18-19H,1-6,11-12,15H2,(H,27,30). The first kappa shape index (κ1) is 19.9. The lowest BCUT2D eigenvalue weighted by Crippen LogP contribution is -2.37. The van der Waals surface area contributed by atoms with Gasteiger partial charge in [0.05, 0.1) is 24.5 Å². The van der Waals surface area contributed by atoms with E-state index >= 15 is 0 Å². The molecule has 3 aromatic heterocycles. The predicted molar refractivity (Wildman–Crippen MR) is 115 cm³/mol. The number of furan rings is 1. The number of rotatable bonds is 6. The Morgan fingerprint density at radius 2 is 1.97 bits per heavy atom. The normalized spacial score (nSPS) is 21.9. The molecule has 4 heterocycles. The molecule has 1 saturated carbocycles. The fraction of sp³-hybridized carbons (Fsp3) is 0.478. The van der Waals surface area contributed by atoms with Crippen LogP contribution in [0, 0.1) is 0 Å². The van der Waals surface area contributed by atoms with E-state index in [0.29, 0.717) is 11.8 Å². The van der Waals surface area contributed by atoms with E-state index in [-0.39, 0.29) is 11.9 Å². The van der Waals surface area contributed by atoms with Gasteiger partial charge in [-0.15, -0.1) is 0 Å². The van der Waals surface area contributed by atoms with Crippen LogP contribution >= 0.6 is 0 Å². The van der Waals surface area contributed by atoms with E-state index in [1.54, 1.807) is 18.6 Å². The van der Waals surface area contributed by atoms with Crippen molar-refractivity contribution in [3.8, 4) is 11.3 Å². The average molecular weight is 421 g/mol. The van der Waals surface area contributed by atoms with Crippen molar-refractivity contribution in [2.24, 2.45) is 0 Å². The van der Waals surface area contributed by atoms with E-state index in [2.05, 4.69) is 31.5 Å². The molecule has 2 aliphatic rings. The Balaban J connectivity index is 1.12. The molecule has 0 unspecified atom stereocenters. The Bertz CT molecular complexity index is 1000. The van der Waals surface area contributed by atoms with Gasteiger partial charge in [0.2, 0.25) is 0 Å². The van der Waals surface area contributed by atoms with Crippen molar-refractivity contribution < 1.29 is 9.21 Å². The van der Waals surface area contributed by atoms with Gasteiger partial charge in [-0.2, -0.15) is 5.10 Å². The van der Waals surface area contributed by atoms with E-state index in [4.69, 9.17) is 4.42 Å². The highest BCUT2D eigenvalue weighted by Crippen LogP contribution is 2.29. The van der Waals surface area contributed by atoms with Gasteiger partial charge in [-0.25, -0.2) is 9.97 Å². The van der Waals surface area contributed by atoms with Crippen LogP contribution in [-0.4, -0.2) is 49.7 Å². The van der Waals surface area contributed by atoms with E-state index < -0.39 is 0 Å². The van der Waals surface area contributed by atoms with Gasteiger partial charge in [-0.1, -0.05) is 0 Å². The Labute approximate surface area is 181 Å². The highest BCUT2D eigenvalue weighted by Gasteiger charge is 2.25. The minimum atomic E-state index is -0.110. The van der Waals surface area contributed by atoms with Gasteiger partial charge >= 0.3 is 0 Å². The molecule has 0 atom stereocenters. The Kier molecular flexibility index (Phi) is 5.80. The number of amides is 1. The van der Waals surface area contributed by atoms with Crippen LogP contribution in [-0.2, 0) is 6.54 Å². The summed E-state index contributed by atoms with van der Waals surface area (Å²) in [6.07, 6.45) is 13.5. The molecule has 2 fully saturated rings. The van der Waals surface area contributed by atoms with Crippen molar-refractivity contribution in [1.82, 2.24) is 30.0 Å². The zero-order chi connectivity index (χ0) is 21.0. The minimum Gasteiger partial charge on any atom is -0.455 e. The summed E-state index contributed by atoms with van der Waals surface area (Å²) in [6, 6.07) is 6.13. The van der Waals surface area contributed by atoms with Gasteiger partial charge in [-0.05, 0) is 69.8 Å². The monoisotopic (exact) mass is 420 g/mol. The van der Waals surface area contributed by atoms with Crippen molar-refractivity contribution in [1.29, 1.82) is 0 Å². The molecule has 1 aliphatic heterocycles. The van der Waals surface area contributed by atoms with Crippen LogP contribution in [0.3, 0.4) is 0 Å². The van der Waals surface area contributed by atoms with Crippen molar-refractivity contribution in [3.05, 3.63) is 54.6 Å². The van der Waals surface area contributed by atoms with Gasteiger partial charge in [0.1, 0.15) is 12.1 Å². The molecule has 3 aromatic rings. The molecule has 1 aliphatic carbocycles. The number of hydrogen-bond acceptors (Lipinski definition) is 6. The molecule has 1 amide bonds. The van der Waals surface area contributed by atoms with Crippen molar-refractivity contribution in [3.63, 3.8) is 0 Å². The molecule has 0 spiro atoms. The summed E-state index contributed by atoms with van der Waals surface area (Å²) in [6.45, 7) is 3.02. The van der Waals surface area contributed by atoms with Crippen molar-refractivity contribution >= 4 is 5.91 Å². The van der Waals surface area contributed by atoms with Crippen molar-refractivity contribution in [2.75, 3.05) is 13.1 Å². The molecular formula is C23H28N6O2. The minimum absolute atomic E-state index is 0.110. The van der Waals surface area contributed by atoms with E-state index in [0.717, 1.165) is 62.3 Å². The highest BCUT2D eigenvalue weighted by atomic mass is 16.4. The van der Waals surface area contributed by atoms with Crippen LogP contribution in [0.2, 0.25) is 0 Å². The molecule has 0 bridgehead atoms. The lowest BCUT2D eigenvalue weighted by atomic mass is 9.91. The smallest absolute Gasteiger partial charge is 0.287 e. The number of nitrogens with zero attached hydrogens (tertiary/aromatic N) is 5. The maximum atomic E-state index is 12.6. The first-order valence-electron chi connectivity index (χ1n) is 11.2. The Hall–Kier alpha value is -3.00. The molecule has 0 radical (unpaired) electrons. The topological polar surface area (TPSA) is 89.1 Å². The predicted octanol–water partition coefficient (Wildman–Crippen LogP) is 3.44. The van der Waals surface area contributed by atoms with Crippen molar-refractivity contribution in [2.45, 2.75) is 57.2 Å². The fourth-order valence-electron chi connectivity index (χ4n) is 4.62. The largest absolute Gasteiger partial charge is 0.455 e. The molecular weight excluding hydrogens is 392 g/mol. The lowest BCUT2D eigenvalue weighted by Gasteiger charge is -2.29. The summed E-state index contributed by atoms with van der Waals surface area (Å²) in [5, 5.41) is 7.70. The lowest BCUT2D eigenvalue weighted by molar-refractivity contribution is 0.0890. The van der Waals surface area contributed by atoms with Crippen LogP contribution in [0.15, 0.2) is 47.5 Å². The molecule has 5 rings (SSSR count). The van der Waals surface area contributed by atoms with Crippen LogP contribution in [0.4, 0.5) is 0 Å². The summed E-state index contributed by atoms with van der Waals surface area (Å²) in [4.78, 5) is 23.2. The summed E-state index contributed by atoms with van der Waals surface area (Å²) >= 11 is 0. The zero-order valence-electron chi connectivity index (χ0n) is 17.6. The second kappa shape index (κ2) is 9.01. The van der Waals surface area contributed by atoms with Gasteiger partial charge in [0, 0.05) is 24.0 Å². The second-order valence-electron chi connectivity index (χ2n) is 8.53. The molecule has 8 nitrogen and oxygen atoms in total. The van der Waals surface area contributed by atoms with E-state index in [1.807, 2.05) is 23.0 Å². The first-order chi connectivity index (χ1) is 15.2. The van der Waals surface area contributed by atoms with Crippen LogP contribution < -0.4 is 5.32 Å². The van der Waals surface area contributed by atoms with Gasteiger partial charge in [-0.3, -0.25) is 14.4 Å². The number of likely N-dealkylation sites (tertiary alicyclic amines) is 1. The zero-order valence-corrected chi connectivity index (χ0v) is 17.6. The third-order valence-corrected chi connectivity index (χ3v) is 6.35. The van der Waals surface area contributed by atoms with Gasteiger partial charge in [0.15, 0.2) is 5.76 Å². The summed E-state index contributed by atoms with van der Waals surface area (Å²) < 4.78 is 7.84. The molecule has 162 valence electrons. The summed E-state index contributed by atoms with van der Waals surface area (Å²) in [7, 11) is 0. The summed E-state index contributed by atoms with van der Waals surface area (Å²) in [5.41, 5.74) is 1.88. The fourth-order valence-corrected chi connectivity index (χ4v) is 4.62. The molecule has 31 heavy (non-hydrogen) atoms. The third kappa shape index (κ3) is 4.69. The quantitative estimate of drug-likeness (QED) is 0.657. The molecule has 8 heteroatoms. The highest BCUT2D eigenvalue weighted by molar-refractivity contribution is 5.91. The average Bonchev–Trinajstić information content (AvgIpc) is 3.58. The molecule has 0 aromatic carbocycles. The van der Waals surface area contributed by atoms with Crippen LogP contribution in [0.1, 0.15) is 60.9 Å². The number of carbonyl (C=O) groups excluding carboxylic acids is 1. The van der Waals surface area contributed by atoms with E-state index in [1.165, 1.54) is 12.8 Å². The van der Waals surface area contributed by atoms with Crippen LogP contribution in [0.25, 0.3) is 11.3 Å². The number of aromatic nitrogens is 4. The maximum Gasteiger partial charge on any atom is 0.287 e. The Morgan fingerprint density at radius 1 is 1.13 bits per heavy atom. The maximum absolute atomic E-state index is 12.6. The molecule has 1 N–H and O–H groups in total.